The molecule has 5 heteroatoms. The van der Waals surface area contributed by atoms with Gasteiger partial charge in [0, 0.05) is 12.2 Å². The molecule has 0 saturated carbocycles. The standard InChI is InChI=1S/C9H12N4O/c1-6(5-14)13-9-8(11)2-7(3-10)4-12-9/h2,4,6,14H,5,11H2,1H3,(H,12,13). The van der Waals surface area contributed by atoms with Crippen LogP contribution < -0.4 is 11.1 Å². The quantitative estimate of drug-likeness (QED) is 0.641. The minimum Gasteiger partial charge on any atom is -0.396 e. The summed E-state index contributed by atoms with van der Waals surface area (Å²) in [5.41, 5.74) is 6.47. The monoisotopic (exact) mass is 192 g/mol. The topological polar surface area (TPSA) is 95.0 Å². The zero-order valence-electron chi connectivity index (χ0n) is 7.86. The molecule has 0 aliphatic heterocycles. The maximum Gasteiger partial charge on any atom is 0.149 e. The Morgan fingerprint density at radius 2 is 2.50 bits per heavy atom. The predicted octanol–water partition coefficient (Wildman–Crippen LogP) is 0.328. The van der Waals surface area contributed by atoms with Gasteiger partial charge in [0.25, 0.3) is 0 Å². The number of aromatic nitrogens is 1. The van der Waals surface area contributed by atoms with Gasteiger partial charge in [-0.1, -0.05) is 0 Å². The summed E-state index contributed by atoms with van der Waals surface area (Å²) in [6, 6.07) is 3.37. The van der Waals surface area contributed by atoms with Crippen molar-refractivity contribution in [2.24, 2.45) is 0 Å². The Bertz CT molecular complexity index is 358. The average molecular weight is 192 g/mol. The molecule has 1 aromatic heterocycles. The minimum atomic E-state index is -0.113. The SMILES string of the molecule is CC(CO)Nc1ncc(C#N)cc1N. The van der Waals surface area contributed by atoms with Crippen LogP contribution in [0.3, 0.4) is 0 Å². The number of hydrogen-bond donors (Lipinski definition) is 3. The van der Waals surface area contributed by atoms with E-state index >= 15 is 0 Å². The predicted molar refractivity (Wildman–Crippen MR) is 53.5 cm³/mol. The molecule has 0 aromatic carbocycles. The number of nitrogen functional groups attached to an aromatic ring is 1. The van der Waals surface area contributed by atoms with E-state index in [2.05, 4.69) is 10.3 Å². The van der Waals surface area contributed by atoms with E-state index in [-0.39, 0.29) is 12.6 Å². The van der Waals surface area contributed by atoms with Gasteiger partial charge in [0.2, 0.25) is 0 Å². The van der Waals surface area contributed by atoms with Crippen molar-refractivity contribution >= 4 is 11.5 Å². The first-order chi connectivity index (χ1) is 6.67. The maximum absolute atomic E-state index is 8.80. The van der Waals surface area contributed by atoms with E-state index in [1.165, 1.54) is 6.20 Å². The first-order valence-corrected chi connectivity index (χ1v) is 4.20. The molecule has 1 heterocycles. The Morgan fingerprint density at radius 1 is 1.79 bits per heavy atom. The number of anilines is 2. The van der Waals surface area contributed by atoms with Crippen LogP contribution >= 0.6 is 0 Å². The van der Waals surface area contributed by atoms with Gasteiger partial charge in [0.15, 0.2) is 0 Å². The van der Waals surface area contributed by atoms with Gasteiger partial charge in [0.05, 0.1) is 17.9 Å². The molecule has 1 aromatic rings. The molecule has 74 valence electrons. The highest BCUT2D eigenvalue weighted by Crippen LogP contribution is 2.16. The van der Waals surface area contributed by atoms with Crippen molar-refractivity contribution in [2.75, 3.05) is 17.7 Å². The highest BCUT2D eigenvalue weighted by atomic mass is 16.3. The number of nitrogens with two attached hydrogens (primary N) is 1. The van der Waals surface area contributed by atoms with Gasteiger partial charge < -0.3 is 16.2 Å². The van der Waals surface area contributed by atoms with Crippen LogP contribution in [0.25, 0.3) is 0 Å². The third-order valence-corrected chi connectivity index (χ3v) is 1.70. The molecular weight excluding hydrogens is 180 g/mol. The van der Waals surface area contributed by atoms with E-state index in [0.29, 0.717) is 17.1 Å². The first kappa shape index (κ1) is 10.3. The molecule has 0 radical (unpaired) electrons. The smallest absolute Gasteiger partial charge is 0.149 e. The van der Waals surface area contributed by atoms with E-state index in [0.717, 1.165) is 0 Å². The number of nitriles is 1. The van der Waals surface area contributed by atoms with Gasteiger partial charge in [-0.15, -0.1) is 0 Å². The fourth-order valence-corrected chi connectivity index (χ4v) is 0.943. The van der Waals surface area contributed by atoms with E-state index < -0.39 is 0 Å². The second kappa shape index (κ2) is 4.44. The third kappa shape index (κ3) is 2.34. The molecule has 1 atom stereocenters. The van der Waals surface area contributed by atoms with E-state index in [4.69, 9.17) is 16.1 Å². The van der Waals surface area contributed by atoms with Crippen LogP contribution in [0.4, 0.5) is 11.5 Å². The van der Waals surface area contributed by atoms with E-state index in [1.807, 2.05) is 6.07 Å². The van der Waals surface area contributed by atoms with Crippen LogP contribution in [0.15, 0.2) is 12.3 Å². The normalized spacial score (nSPS) is 11.8. The summed E-state index contributed by atoms with van der Waals surface area (Å²) in [5.74, 6) is 0.491. The Balaban J connectivity index is 2.85. The Labute approximate surface area is 82.2 Å². The molecular formula is C9H12N4O. The van der Waals surface area contributed by atoms with Crippen molar-refractivity contribution in [1.82, 2.24) is 4.98 Å². The van der Waals surface area contributed by atoms with Gasteiger partial charge in [-0.25, -0.2) is 4.98 Å². The fraction of sp³-hybridized carbons (Fsp3) is 0.333. The molecule has 1 rings (SSSR count). The number of nitrogens with one attached hydrogen (secondary N) is 1. The molecule has 5 nitrogen and oxygen atoms in total. The molecule has 0 spiro atoms. The first-order valence-electron chi connectivity index (χ1n) is 4.20. The highest BCUT2D eigenvalue weighted by Gasteiger charge is 2.05. The van der Waals surface area contributed by atoms with Crippen LogP contribution in [0.1, 0.15) is 12.5 Å². The highest BCUT2D eigenvalue weighted by molar-refractivity contribution is 5.63. The fourth-order valence-electron chi connectivity index (χ4n) is 0.943. The van der Waals surface area contributed by atoms with Crippen molar-refractivity contribution in [3.8, 4) is 6.07 Å². The van der Waals surface area contributed by atoms with Crippen molar-refractivity contribution in [3.05, 3.63) is 17.8 Å². The summed E-state index contributed by atoms with van der Waals surface area (Å²) in [4.78, 5) is 3.97. The van der Waals surface area contributed by atoms with Gasteiger partial charge in [-0.05, 0) is 13.0 Å². The number of rotatable bonds is 3. The molecule has 14 heavy (non-hydrogen) atoms. The number of aliphatic hydroxyl groups excluding tert-OH is 1. The summed E-state index contributed by atoms with van der Waals surface area (Å²) in [5, 5.41) is 20.3. The third-order valence-electron chi connectivity index (χ3n) is 1.70. The molecule has 0 saturated heterocycles. The number of nitrogens with zero attached hydrogens (tertiary/aromatic N) is 2. The van der Waals surface area contributed by atoms with Crippen LogP contribution in [-0.4, -0.2) is 22.7 Å². The zero-order valence-corrected chi connectivity index (χ0v) is 7.86. The lowest BCUT2D eigenvalue weighted by Crippen LogP contribution is -2.20. The summed E-state index contributed by atoms with van der Waals surface area (Å²) in [7, 11) is 0. The second-order valence-electron chi connectivity index (χ2n) is 3.00. The number of hydrogen-bond acceptors (Lipinski definition) is 5. The molecule has 0 amide bonds. The lowest BCUT2D eigenvalue weighted by molar-refractivity contribution is 0.281. The minimum absolute atomic E-state index is 0.00111. The molecule has 0 aliphatic carbocycles. The Hall–Kier alpha value is -1.80. The zero-order chi connectivity index (χ0) is 10.6. The molecule has 0 fully saturated rings. The summed E-state index contributed by atoms with van der Waals surface area (Å²) in [6.45, 7) is 1.81. The van der Waals surface area contributed by atoms with Crippen molar-refractivity contribution in [1.29, 1.82) is 5.26 Å². The van der Waals surface area contributed by atoms with Gasteiger partial charge in [-0.3, -0.25) is 0 Å². The van der Waals surface area contributed by atoms with Crippen LogP contribution in [0.2, 0.25) is 0 Å². The Kier molecular flexibility index (Phi) is 3.26. The van der Waals surface area contributed by atoms with E-state index in [1.54, 1.807) is 13.0 Å². The molecule has 4 N–H and O–H groups in total. The average Bonchev–Trinajstić information content (AvgIpc) is 2.20. The second-order valence-corrected chi connectivity index (χ2v) is 3.00. The van der Waals surface area contributed by atoms with Crippen molar-refractivity contribution < 1.29 is 5.11 Å². The summed E-state index contributed by atoms with van der Waals surface area (Å²) < 4.78 is 0. The largest absolute Gasteiger partial charge is 0.396 e. The lowest BCUT2D eigenvalue weighted by atomic mass is 10.2. The molecule has 0 aliphatic rings. The van der Waals surface area contributed by atoms with Gasteiger partial charge in [0.1, 0.15) is 11.9 Å². The van der Waals surface area contributed by atoms with Crippen LogP contribution in [0, 0.1) is 11.3 Å². The van der Waals surface area contributed by atoms with Gasteiger partial charge >= 0.3 is 0 Å². The van der Waals surface area contributed by atoms with Crippen LogP contribution in [-0.2, 0) is 0 Å². The number of aliphatic hydroxyl groups is 1. The molecule has 0 bridgehead atoms. The van der Waals surface area contributed by atoms with Gasteiger partial charge in [-0.2, -0.15) is 5.26 Å². The van der Waals surface area contributed by atoms with Crippen LogP contribution in [0.5, 0.6) is 0 Å². The molecule has 1 unspecified atom stereocenters. The lowest BCUT2D eigenvalue weighted by Gasteiger charge is -2.12. The maximum atomic E-state index is 8.80. The van der Waals surface area contributed by atoms with Crippen molar-refractivity contribution in [2.45, 2.75) is 13.0 Å². The van der Waals surface area contributed by atoms with E-state index in [9.17, 15) is 0 Å². The Morgan fingerprint density at radius 3 is 3.00 bits per heavy atom. The summed E-state index contributed by atoms with van der Waals surface area (Å²) in [6.07, 6.45) is 1.43. The summed E-state index contributed by atoms with van der Waals surface area (Å²) >= 11 is 0. The van der Waals surface area contributed by atoms with Crippen molar-refractivity contribution in [3.63, 3.8) is 0 Å². The number of pyridine rings is 1.